The molecule has 0 aromatic rings. The molecule has 0 amide bonds. The molecule has 10 heavy (non-hydrogen) atoms. The van der Waals surface area contributed by atoms with Gasteiger partial charge < -0.3 is 16.5 Å². The van der Waals surface area contributed by atoms with Gasteiger partial charge in [-0.25, -0.2) is 0 Å². The monoisotopic (exact) mass is 366 g/mol. The van der Waals surface area contributed by atoms with E-state index in [2.05, 4.69) is 5.32 Å². The van der Waals surface area contributed by atoms with Crippen LogP contribution < -0.4 is 5.32 Å². The molecule has 0 saturated carbocycles. The van der Waals surface area contributed by atoms with E-state index >= 15 is 0 Å². The maximum atomic E-state index is 10.8. The number of likely N-dealkylation sites (N-methyl/N-ethyl adjacent to an activating group) is 1. The first-order chi connectivity index (χ1) is 4.06. The van der Waals surface area contributed by atoms with Gasteiger partial charge in [0.15, 0.2) is 0 Å². The molecule has 3 heteroatoms. The number of carbonyl (C=O) groups is 1. The average Bonchev–Trinajstić information content (AvgIpc) is 1.86. The molecule has 0 aromatic heterocycles. The van der Waals surface area contributed by atoms with Gasteiger partial charge in [-0.05, 0) is 19.5 Å². The topological polar surface area (TPSA) is 29.1 Å². The van der Waals surface area contributed by atoms with E-state index in [1.165, 1.54) is 0 Å². The fourth-order valence-corrected chi connectivity index (χ4v) is 0.524. The minimum Gasteiger partial charge on any atom is -0.336 e. The first-order valence-electron chi connectivity index (χ1n) is 3.07. The first-order valence-corrected chi connectivity index (χ1v) is 3.07. The van der Waals surface area contributed by atoms with Crippen molar-refractivity contribution in [3.05, 3.63) is 6.42 Å². The fraction of sp³-hybridized carbons (Fsp3) is 0.714. The Morgan fingerprint density at radius 2 is 2.00 bits per heavy atom. The molecule has 0 aromatic carbocycles. The summed E-state index contributed by atoms with van der Waals surface area (Å²) in [5, 5.41) is 2.92. The normalized spacial score (nSPS) is 15.2. The van der Waals surface area contributed by atoms with Gasteiger partial charge in [0.25, 0.3) is 0 Å². The molecule has 0 rings (SSSR count). The Kier molecular flexibility index (Phi) is 7.10. The zero-order valence-electron chi connectivity index (χ0n) is 6.99. The smallest absolute Gasteiger partial charge is 0.119 e. The Morgan fingerprint density at radius 1 is 1.60 bits per heavy atom. The van der Waals surface area contributed by atoms with Crippen LogP contribution in [-0.2, 0) is 4.79 Å². The number of nitrogens with one attached hydrogen (secondary N) is 1. The predicted molar refractivity (Wildman–Crippen MR) is 38.1 cm³/mol. The first kappa shape index (κ1) is 13.3. The van der Waals surface area contributed by atoms with Crippen molar-refractivity contribution in [2.45, 2.75) is 26.3 Å². The van der Waals surface area contributed by atoms with Crippen LogP contribution in [0.15, 0.2) is 0 Å². The van der Waals surface area contributed by atoms with Gasteiger partial charge in [-0.2, -0.15) is 6.92 Å². The van der Waals surface area contributed by atoms with Crippen molar-refractivity contribution < 1.29 is 35.9 Å². The van der Waals surface area contributed by atoms with E-state index in [0.29, 0.717) is 0 Å². The second-order valence-corrected chi connectivity index (χ2v) is 2.30. The molecule has 0 bridgehead atoms. The quantitative estimate of drug-likeness (QED) is 0.748. The standard InChI is InChI=1S/C7H14NO.U/c1-5-7(3,8-4)6(2)9;/h5,8H,1-4H3;/q-1;. The van der Waals surface area contributed by atoms with E-state index in [4.69, 9.17) is 0 Å². The van der Waals surface area contributed by atoms with Gasteiger partial charge >= 0.3 is 0 Å². The minimum atomic E-state index is -0.431. The van der Waals surface area contributed by atoms with Crippen LogP contribution in [0.25, 0.3) is 0 Å². The molecule has 0 fully saturated rings. The molecule has 0 radical (unpaired) electrons. The minimum absolute atomic E-state index is 0. The second kappa shape index (κ2) is 5.35. The summed E-state index contributed by atoms with van der Waals surface area (Å²) in [6, 6.07) is 0. The molecular weight excluding hydrogens is 352 g/mol. The van der Waals surface area contributed by atoms with Crippen molar-refractivity contribution in [1.82, 2.24) is 5.32 Å². The van der Waals surface area contributed by atoms with E-state index in [1.807, 2.05) is 20.3 Å². The molecule has 0 aliphatic heterocycles. The third-order valence-electron chi connectivity index (χ3n) is 1.83. The van der Waals surface area contributed by atoms with E-state index in [1.54, 1.807) is 14.0 Å². The number of carbonyl (C=O) groups excluding carboxylic acids is 1. The van der Waals surface area contributed by atoms with Crippen LogP contribution in [0.4, 0.5) is 0 Å². The summed E-state index contributed by atoms with van der Waals surface area (Å²) in [5.41, 5.74) is -0.431. The van der Waals surface area contributed by atoms with E-state index in [-0.39, 0.29) is 36.9 Å². The predicted octanol–water partition coefficient (Wildman–Crippen LogP) is 0.778. The molecule has 0 heterocycles. The van der Waals surface area contributed by atoms with E-state index in [9.17, 15) is 4.79 Å². The SMILES string of the molecule is C[CH-]C(C)(NC)C(C)=O.[U]. The number of ketones is 1. The van der Waals surface area contributed by atoms with Crippen LogP contribution in [0.1, 0.15) is 20.8 Å². The van der Waals surface area contributed by atoms with Crippen LogP contribution in [0.3, 0.4) is 0 Å². The Morgan fingerprint density at radius 3 is 2.00 bits per heavy atom. The number of rotatable bonds is 3. The number of hydrogen-bond donors (Lipinski definition) is 1. The average molecular weight is 366 g/mol. The zero-order chi connectivity index (χ0) is 7.49. The summed E-state index contributed by atoms with van der Waals surface area (Å²) >= 11 is 0. The van der Waals surface area contributed by atoms with Crippen molar-refractivity contribution in [1.29, 1.82) is 0 Å². The molecule has 2 nitrogen and oxygen atoms in total. The van der Waals surface area contributed by atoms with Crippen LogP contribution in [-0.4, -0.2) is 18.4 Å². The fourth-order valence-electron chi connectivity index (χ4n) is 0.524. The van der Waals surface area contributed by atoms with Crippen molar-refractivity contribution in [3.63, 3.8) is 0 Å². The molecular formula is C7H14NOU-. The summed E-state index contributed by atoms with van der Waals surface area (Å²) < 4.78 is 0. The number of Topliss-reactive ketones (excluding diaryl/α,β-unsaturated/α-hetero) is 1. The van der Waals surface area contributed by atoms with Crippen LogP contribution in [0.2, 0.25) is 0 Å². The Hall–Kier alpha value is 0.682. The zero-order valence-corrected chi connectivity index (χ0v) is 11.1. The molecule has 1 unspecified atom stereocenters. The van der Waals surface area contributed by atoms with Crippen molar-refractivity contribution in [2.24, 2.45) is 0 Å². The van der Waals surface area contributed by atoms with Crippen molar-refractivity contribution in [3.8, 4) is 0 Å². The van der Waals surface area contributed by atoms with E-state index < -0.39 is 5.54 Å². The maximum absolute atomic E-state index is 10.8. The molecule has 1 N–H and O–H groups in total. The summed E-state index contributed by atoms with van der Waals surface area (Å²) in [5.74, 6) is 0.146. The third kappa shape index (κ3) is 3.19. The largest absolute Gasteiger partial charge is 0.336 e. The van der Waals surface area contributed by atoms with Gasteiger partial charge in [0.1, 0.15) is 5.78 Å². The van der Waals surface area contributed by atoms with Gasteiger partial charge in [0, 0.05) is 31.1 Å². The van der Waals surface area contributed by atoms with Crippen LogP contribution >= 0.6 is 0 Å². The van der Waals surface area contributed by atoms with Crippen LogP contribution in [0, 0.1) is 37.5 Å². The van der Waals surface area contributed by atoms with Gasteiger partial charge in [0.05, 0.1) is 0 Å². The number of hydrogen-bond acceptors (Lipinski definition) is 2. The Balaban J connectivity index is 0. The van der Waals surface area contributed by atoms with Gasteiger partial charge in [-0.15, -0.1) is 0 Å². The van der Waals surface area contributed by atoms with E-state index in [0.717, 1.165) is 0 Å². The van der Waals surface area contributed by atoms with Crippen molar-refractivity contribution in [2.75, 3.05) is 7.05 Å². The molecule has 0 aliphatic carbocycles. The molecule has 0 aliphatic rings. The third-order valence-corrected chi connectivity index (χ3v) is 1.83. The van der Waals surface area contributed by atoms with Gasteiger partial charge in [-0.3, -0.25) is 0 Å². The molecule has 58 valence electrons. The Bertz CT molecular complexity index is 110. The maximum Gasteiger partial charge on any atom is 0.119 e. The van der Waals surface area contributed by atoms with Gasteiger partial charge in [0.2, 0.25) is 0 Å². The Labute approximate surface area is 86.5 Å². The summed E-state index contributed by atoms with van der Waals surface area (Å²) in [4.78, 5) is 10.8. The summed E-state index contributed by atoms with van der Waals surface area (Å²) in [6.07, 6.45) is 1.86. The summed E-state index contributed by atoms with van der Waals surface area (Å²) in [6.45, 7) is 5.31. The van der Waals surface area contributed by atoms with Crippen LogP contribution in [0.5, 0.6) is 0 Å². The second-order valence-electron chi connectivity index (χ2n) is 2.30. The molecule has 0 spiro atoms. The molecule has 1 atom stereocenters. The summed E-state index contributed by atoms with van der Waals surface area (Å²) in [7, 11) is 1.78. The van der Waals surface area contributed by atoms with Gasteiger partial charge in [-0.1, -0.05) is 6.92 Å². The van der Waals surface area contributed by atoms with Crippen molar-refractivity contribution >= 4 is 5.78 Å². The molecule has 0 saturated heterocycles.